The Hall–Kier alpha value is 0.340. The van der Waals surface area contributed by atoms with E-state index in [2.05, 4.69) is 15.9 Å². The molecule has 1 aliphatic rings. The number of halogens is 2. The number of sulfonamides is 1. The molecule has 1 aromatic heterocycles. The van der Waals surface area contributed by atoms with Crippen molar-refractivity contribution in [3.05, 3.63) is 14.7 Å². The van der Waals surface area contributed by atoms with Crippen molar-refractivity contribution >= 4 is 48.9 Å². The van der Waals surface area contributed by atoms with E-state index in [0.29, 0.717) is 34.3 Å². The molecular formula is C11H15BrClNO3S2. The first-order chi connectivity index (χ1) is 9.00. The average Bonchev–Trinajstić information content (AvgIpc) is 2.80. The van der Waals surface area contributed by atoms with Crippen LogP contribution in [-0.4, -0.2) is 38.5 Å². The molecule has 0 bridgehead atoms. The molecule has 0 radical (unpaired) electrons. The molecule has 0 N–H and O–H groups in total. The summed E-state index contributed by atoms with van der Waals surface area (Å²) in [5, 5.41) is 0. The maximum atomic E-state index is 12.7. The zero-order valence-corrected chi connectivity index (χ0v) is 14.4. The molecule has 2 rings (SSSR count). The zero-order chi connectivity index (χ0) is 14.0. The molecule has 0 aromatic carbocycles. The van der Waals surface area contributed by atoms with Crippen LogP contribution in [-0.2, 0) is 20.6 Å². The van der Waals surface area contributed by atoms with Gasteiger partial charge in [0.25, 0.3) is 0 Å². The maximum absolute atomic E-state index is 12.7. The number of rotatable bonds is 4. The second-order valence-electron chi connectivity index (χ2n) is 4.24. The Labute approximate surface area is 130 Å². The largest absolute Gasteiger partial charge is 0.378 e. The van der Waals surface area contributed by atoms with E-state index in [-0.39, 0.29) is 6.04 Å². The van der Waals surface area contributed by atoms with Gasteiger partial charge < -0.3 is 4.74 Å². The lowest BCUT2D eigenvalue weighted by atomic mass is 10.2. The van der Waals surface area contributed by atoms with Crippen LogP contribution in [0.5, 0.6) is 0 Å². The second-order valence-corrected chi connectivity index (χ2v) is 8.82. The quantitative estimate of drug-likeness (QED) is 0.745. The van der Waals surface area contributed by atoms with E-state index in [1.165, 1.54) is 11.3 Å². The molecular weight excluding hydrogens is 374 g/mol. The topological polar surface area (TPSA) is 46.6 Å². The van der Waals surface area contributed by atoms with Crippen molar-refractivity contribution < 1.29 is 13.2 Å². The highest BCUT2D eigenvalue weighted by atomic mass is 79.9. The van der Waals surface area contributed by atoms with Crippen molar-refractivity contribution in [2.24, 2.45) is 0 Å². The first-order valence-electron chi connectivity index (χ1n) is 5.94. The minimum Gasteiger partial charge on any atom is -0.378 e. The normalized spacial score (nSPS) is 21.7. The molecule has 19 heavy (non-hydrogen) atoms. The first-order valence-corrected chi connectivity index (χ1v) is 9.52. The fraction of sp³-hybridized carbons (Fsp3) is 0.636. The molecule has 1 atom stereocenters. The highest BCUT2D eigenvalue weighted by molar-refractivity contribution is 9.11. The van der Waals surface area contributed by atoms with Crippen molar-refractivity contribution in [2.45, 2.75) is 30.2 Å². The van der Waals surface area contributed by atoms with Gasteiger partial charge in [-0.1, -0.05) is 6.92 Å². The zero-order valence-electron chi connectivity index (χ0n) is 10.4. The third-order valence-corrected chi connectivity index (χ3v) is 7.72. The molecule has 8 heteroatoms. The van der Waals surface area contributed by atoms with Crippen LogP contribution in [0, 0.1) is 0 Å². The molecule has 1 saturated heterocycles. The average molecular weight is 389 g/mol. The lowest BCUT2D eigenvalue weighted by Gasteiger charge is -2.33. The van der Waals surface area contributed by atoms with Gasteiger partial charge in [-0.25, -0.2) is 8.42 Å². The summed E-state index contributed by atoms with van der Waals surface area (Å²) < 4.78 is 32.9. The Bertz CT molecular complexity index is 546. The van der Waals surface area contributed by atoms with Gasteiger partial charge >= 0.3 is 0 Å². The molecule has 108 valence electrons. The minimum absolute atomic E-state index is 0.0926. The number of nitrogens with zero attached hydrogens (tertiary/aromatic N) is 1. The van der Waals surface area contributed by atoms with Gasteiger partial charge in [0.1, 0.15) is 4.90 Å². The standard InChI is InChI=1S/C11H15BrClNO3S2/c1-2-8-7-17-4-3-14(8)19(15,16)10-5-9(6-13)18-11(10)12/h5,8H,2-4,6-7H2,1H3. The van der Waals surface area contributed by atoms with Crippen molar-refractivity contribution in [3.8, 4) is 0 Å². The van der Waals surface area contributed by atoms with E-state index in [1.54, 1.807) is 10.4 Å². The summed E-state index contributed by atoms with van der Waals surface area (Å²) in [6.07, 6.45) is 0.739. The molecule has 0 saturated carbocycles. The lowest BCUT2D eigenvalue weighted by molar-refractivity contribution is 0.0314. The van der Waals surface area contributed by atoms with Crippen molar-refractivity contribution in [3.63, 3.8) is 0 Å². The van der Waals surface area contributed by atoms with Gasteiger partial charge in [-0.15, -0.1) is 22.9 Å². The van der Waals surface area contributed by atoms with Gasteiger partial charge in [0.2, 0.25) is 10.0 Å². The Kier molecular flexibility index (Phi) is 5.30. The smallest absolute Gasteiger partial charge is 0.245 e. The van der Waals surface area contributed by atoms with Gasteiger partial charge in [-0.2, -0.15) is 4.31 Å². The van der Waals surface area contributed by atoms with E-state index in [9.17, 15) is 8.42 Å². The number of alkyl halides is 1. The monoisotopic (exact) mass is 387 g/mol. The Morgan fingerprint density at radius 3 is 2.95 bits per heavy atom. The third-order valence-electron chi connectivity index (χ3n) is 3.07. The summed E-state index contributed by atoms with van der Waals surface area (Å²) in [5.41, 5.74) is 0. The molecule has 1 fully saturated rings. The van der Waals surface area contributed by atoms with Crippen LogP contribution < -0.4 is 0 Å². The first kappa shape index (κ1) is 15.7. The second kappa shape index (κ2) is 6.41. The SMILES string of the molecule is CCC1COCCN1S(=O)(=O)c1cc(CCl)sc1Br. The number of hydrogen-bond acceptors (Lipinski definition) is 4. The molecule has 1 aromatic rings. The van der Waals surface area contributed by atoms with Crippen molar-refractivity contribution in [2.75, 3.05) is 19.8 Å². The van der Waals surface area contributed by atoms with E-state index in [1.807, 2.05) is 6.92 Å². The minimum atomic E-state index is -3.49. The van der Waals surface area contributed by atoms with E-state index in [4.69, 9.17) is 16.3 Å². The molecule has 1 unspecified atom stereocenters. The van der Waals surface area contributed by atoms with Crippen LogP contribution in [0.2, 0.25) is 0 Å². The molecule has 1 aliphatic heterocycles. The summed E-state index contributed by atoms with van der Waals surface area (Å²) >= 11 is 10.5. The predicted octanol–water partition coefficient (Wildman–Crippen LogP) is 3.05. The molecule has 0 amide bonds. The van der Waals surface area contributed by atoms with Crippen LogP contribution in [0.15, 0.2) is 14.7 Å². The lowest BCUT2D eigenvalue weighted by Crippen LogP contribution is -2.48. The van der Waals surface area contributed by atoms with Crippen molar-refractivity contribution in [1.82, 2.24) is 4.31 Å². The predicted molar refractivity (Wildman–Crippen MR) is 80.4 cm³/mol. The molecule has 0 aliphatic carbocycles. The van der Waals surface area contributed by atoms with Crippen LogP contribution in [0.1, 0.15) is 18.2 Å². The number of thiophene rings is 1. The maximum Gasteiger partial charge on any atom is 0.245 e. The van der Waals surface area contributed by atoms with Gasteiger partial charge in [-0.3, -0.25) is 0 Å². The molecule has 4 nitrogen and oxygen atoms in total. The molecule has 2 heterocycles. The number of hydrogen-bond donors (Lipinski definition) is 0. The van der Waals surface area contributed by atoms with Gasteiger partial charge in [0, 0.05) is 17.5 Å². The summed E-state index contributed by atoms with van der Waals surface area (Å²) in [6.45, 7) is 3.27. The fourth-order valence-electron chi connectivity index (χ4n) is 2.04. The van der Waals surface area contributed by atoms with Crippen LogP contribution >= 0.6 is 38.9 Å². The fourth-order valence-corrected chi connectivity index (χ4v) is 6.44. The van der Waals surface area contributed by atoms with Gasteiger partial charge in [-0.05, 0) is 28.4 Å². The molecule has 0 spiro atoms. The third kappa shape index (κ3) is 3.16. The van der Waals surface area contributed by atoms with E-state index < -0.39 is 10.0 Å². The summed E-state index contributed by atoms with van der Waals surface area (Å²) in [5.74, 6) is 0.319. The van der Waals surface area contributed by atoms with Gasteiger partial charge in [0.05, 0.1) is 22.9 Å². The summed E-state index contributed by atoms with van der Waals surface area (Å²) in [4.78, 5) is 1.15. The summed E-state index contributed by atoms with van der Waals surface area (Å²) in [7, 11) is -3.49. The van der Waals surface area contributed by atoms with Crippen LogP contribution in [0.3, 0.4) is 0 Å². The Morgan fingerprint density at radius 2 is 2.37 bits per heavy atom. The number of ether oxygens (including phenoxy) is 1. The van der Waals surface area contributed by atoms with E-state index in [0.717, 1.165) is 11.3 Å². The van der Waals surface area contributed by atoms with Crippen molar-refractivity contribution in [1.29, 1.82) is 0 Å². The number of morpholine rings is 1. The summed E-state index contributed by atoms with van der Waals surface area (Å²) in [6, 6.07) is 1.56. The van der Waals surface area contributed by atoms with Crippen LogP contribution in [0.4, 0.5) is 0 Å². The van der Waals surface area contributed by atoms with Gasteiger partial charge in [0.15, 0.2) is 0 Å². The Balaban J connectivity index is 2.37. The Morgan fingerprint density at radius 1 is 1.63 bits per heavy atom. The highest BCUT2D eigenvalue weighted by Gasteiger charge is 2.35. The van der Waals surface area contributed by atoms with Crippen LogP contribution in [0.25, 0.3) is 0 Å². The van der Waals surface area contributed by atoms with E-state index >= 15 is 0 Å². The highest BCUT2D eigenvalue weighted by Crippen LogP contribution is 2.35.